The van der Waals surface area contributed by atoms with E-state index in [0.29, 0.717) is 13.0 Å². The Balaban J connectivity index is 1.40. The summed E-state index contributed by atoms with van der Waals surface area (Å²) in [6.45, 7) is 5.76. The number of aliphatic carboxylic acids is 1. The number of carboxylic acid groups (broad SMARTS) is 1. The second kappa shape index (κ2) is 7.27. The van der Waals surface area contributed by atoms with Gasteiger partial charge in [-0.2, -0.15) is 0 Å². The number of carbonyl (C=O) groups excluding carboxylic acids is 1. The lowest BCUT2D eigenvalue weighted by molar-refractivity contribution is -0.148. The third kappa shape index (κ3) is 3.75. The second-order valence-corrected chi connectivity index (χ2v) is 8.70. The van der Waals surface area contributed by atoms with E-state index in [-0.39, 0.29) is 17.2 Å². The van der Waals surface area contributed by atoms with E-state index in [2.05, 4.69) is 36.1 Å². The molecule has 2 saturated heterocycles. The zero-order valence-corrected chi connectivity index (χ0v) is 16.2. The molecule has 1 N–H and O–H groups in total. The van der Waals surface area contributed by atoms with Gasteiger partial charge in [0.2, 0.25) is 5.91 Å². The van der Waals surface area contributed by atoms with E-state index < -0.39 is 12.0 Å². The summed E-state index contributed by atoms with van der Waals surface area (Å²) in [6, 6.07) is 8.01. The molecule has 1 spiro atoms. The van der Waals surface area contributed by atoms with Gasteiger partial charge in [-0.3, -0.25) is 9.69 Å². The van der Waals surface area contributed by atoms with Gasteiger partial charge in [0.25, 0.3) is 0 Å². The maximum absolute atomic E-state index is 12.6. The molecule has 1 aromatic carbocycles. The lowest BCUT2D eigenvalue weighted by atomic mass is 9.76. The first-order valence-electron chi connectivity index (χ1n) is 10.3. The highest BCUT2D eigenvalue weighted by Gasteiger charge is 2.51. The molecule has 5 nitrogen and oxygen atoms in total. The molecule has 5 heteroatoms. The van der Waals surface area contributed by atoms with E-state index in [0.717, 1.165) is 51.7 Å². The Morgan fingerprint density at radius 2 is 1.81 bits per heavy atom. The third-order valence-corrected chi connectivity index (χ3v) is 6.81. The van der Waals surface area contributed by atoms with Gasteiger partial charge in [0.15, 0.2) is 0 Å². The van der Waals surface area contributed by atoms with Crippen molar-refractivity contribution in [3.05, 3.63) is 35.4 Å². The minimum atomic E-state index is -0.833. The molecule has 1 atom stereocenters. The van der Waals surface area contributed by atoms with Crippen LogP contribution in [-0.2, 0) is 22.6 Å². The number of rotatable bonds is 5. The molecule has 3 fully saturated rings. The van der Waals surface area contributed by atoms with Crippen LogP contribution in [0.15, 0.2) is 24.3 Å². The van der Waals surface area contributed by atoms with Crippen molar-refractivity contribution in [2.75, 3.05) is 19.6 Å². The molecule has 2 heterocycles. The molecule has 27 heavy (non-hydrogen) atoms. The van der Waals surface area contributed by atoms with Crippen LogP contribution in [0.5, 0.6) is 0 Å². The van der Waals surface area contributed by atoms with Gasteiger partial charge in [-0.25, -0.2) is 4.79 Å². The monoisotopic (exact) mass is 370 g/mol. The summed E-state index contributed by atoms with van der Waals surface area (Å²) < 4.78 is 0. The molecular formula is C22H30N2O3. The summed E-state index contributed by atoms with van der Waals surface area (Å²) >= 11 is 0. The Labute approximate surface area is 161 Å². The average molecular weight is 370 g/mol. The van der Waals surface area contributed by atoms with Crippen LogP contribution in [0.2, 0.25) is 0 Å². The van der Waals surface area contributed by atoms with Crippen LogP contribution in [0, 0.1) is 11.3 Å². The highest BCUT2D eigenvalue weighted by Crippen LogP contribution is 2.45. The standard InChI is InChI=1S/C22H30N2O3/c1-2-16-5-3-4-6-18(16)14-23-11-9-22(10-12-23)13-19(21(26)27)24(15-22)20(25)17-7-8-17/h3-6,17,19H,2,7-15H2,1H3,(H,26,27)/t19-/m0/s1. The third-order valence-electron chi connectivity index (χ3n) is 6.81. The number of hydrogen-bond acceptors (Lipinski definition) is 3. The van der Waals surface area contributed by atoms with Crippen LogP contribution >= 0.6 is 0 Å². The van der Waals surface area contributed by atoms with E-state index in [9.17, 15) is 14.7 Å². The van der Waals surface area contributed by atoms with Crippen LogP contribution in [0.4, 0.5) is 0 Å². The number of nitrogens with zero attached hydrogens (tertiary/aromatic N) is 2. The SMILES string of the molecule is CCc1ccccc1CN1CCC2(CC1)C[C@@H](C(=O)O)N(C(=O)C1CC1)C2. The van der Waals surface area contributed by atoms with Gasteiger partial charge in [-0.05, 0) is 68.2 Å². The normalized spacial score (nSPS) is 25.1. The number of amides is 1. The summed E-state index contributed by atoms with van der Waals surface area (Å²) in [7, 11) is 0. The molecule has 4 rings (SSSR count). The number of aryl methyl sites for hydroxylation is 1. The second-order valence-electron chi connectivity index (χ2n) is 8.70. The van der Waals surface area contributed by atoms with E-state index >= 15 is 0 Å². The molecule has 1 saturated carbocycles. The Morgan fingerprint density at radius 3 is 2.41 bits per heavy atom. The highest BCUT2D eigenvalue weighted by molar-refractivity contribution is 5.87. The largest absolute Gasteiger partial charge is 0.480 e. The predicted molar refractivity (Wildman–Crippen MR) is 103 cm³/mol. The zero-order chi connectivity index (χ0) is 19.0. The quantitative estimate of drug-likeness (QED) is 0.866. The number of benzene rings is 1. The van der Waals surface area contributed by atoms with Crippen LogP contribution in [0.25, 0.3) is 0 Å². The van der Waals surface area contributed by atoms with Gasteiger partial charge in [-0.1, -0.05) is 31.2 Å². The highest BCUT2D eigenvalue weighted by atomic mass is 16.4. The van der Waals surface area contributed by atoms with Crippen molar-refractivity contribution < 1.29 is 14.7 Å². The molecule has 0 radical (unpaired) electrons. The van der Waals surface area contributed by atoms with E-state index in [1.54, 1.807) is 4.90 Å². The van der Waals surface area contributed by atoms with Crippen LogP contribution < -0.4 is 0 Å². The smallest absolute Gasteiger partial charge is 0.326 e. The van der Waals surface area contributed by atoms with Gasteiger partial charge >= 0.3 is 5.97 Å². The Hall–Kier alpha value is -1.88. The first-order valence-corrected chi connectivity index (χ1v) is 10.3. The van der Waals surface area contributed by atoms with Gasteiger partial charge in [0.1, 0.15) is 6.04 Å². The topological polar surface area (TPSA) is 60.9 Å². The average Bonchev–Trinajstić information content (AvgIpc) is 3.45. The lowest BCUT2D eigenvalue weighted by Crippen LogP contribution is -2.43. The Morgan fingerprint density at radius 1 is 1.15 bits per heavy atom. The van der Waals surface area contributed by atoms with Crippen molar-refractivity contribution in [1.82, 2.24) is 9.80 Å². The number of likely N-dealkylation sites (tertiary alicyclic amines) is 2. The fraction of sp³-hybridized carbons (Fsp3) is 0.636. The van der Waals surface area contributed by atoms with Gasteiger partial charge in [0, 0.05) is 19.0 Å². The van der Waals surface area contributed by atoms with Crippen molar-refractivity contribution in [3.8, 4) is 0 Å². The van der Waals surface area contributed by atoms with Crippen molar-refractivity contribution in [2.45, 2.75) is 58.0 Å². The molecule has 3 aliphatic rings. The maximum atomic E-state index is 12.6. The lowest BCUT2D eigenvalue weighted by Gasteiger charge is -2.39. The fourth-order valence-electron chi connectivity index (χ4n) is 4.92. The Bertz CT molecular complexity index is 720. The summed E-state index contributed by atoms with van der Waals surface area (Å²) in [5, 5.41) is 9.65. The van der Waals surface area contributed by atoms with Crippen LogP contribution in [0.1, 0.15) is 50.2 Å². The summed E-state index contributed by atoms with van der Waals surface area (Å²) in [6.07, 6.45) is 5.50. The summed E-state index contributed by atoms with van der Waals surface area (Å²) in [4.78, 5) is 28.5. The van der Waals surface area contributed by atoms with Crippen LogP contribution in [-0.4, -0.2) is 52.5 Å². The minimum absolute atomic E-state index is 0.00557. The van der Waals surface area contributed by atoms with Crippen molar-refractivity contribution in [2.24, 2.45) is 11.3 Å². The number of carboxylic acids is 1. The molecule has 1 aromatic rings. The van der Waals surface area contributed by atoms with Crippen molar-refractivity contribution in [1.29, 1.82) is 0 Å². The Kier molecular flexibility index (Phi) is 4.97. The van der Waals surface area contributed by atoms with E-state index in [1.165, 1.54) is 11.1 Å². The molecule has 2 aliphatic heterocycles. The molecule has 1 amide bonds. The first kappa shape index (κ1) is 18.5. The fourth-order valence-corrected chi connectivity index (χ4v) is 4.92. The van der Waals surface area contributed by atoms with Crippen molar-refractivity contribution >= 4 is 11.9 Å². The maximum Gasteiger partial charge on any atom is 0.326 e. The van der Waals surface area contributed by atoms with E-state index in [4.69, 9.17) is 0 Å². The summed E-state index contributed by atoms with van der Waals surface area (Å²) in [5.74, 6) is -0.661. The predicted octanol–water partition coefficient (Wildman–Crippen LogP) is 2.93. The number of piperidine rings is 1. The number of hydrogen-bond donors (Lipinski definition) is 1. The molecule has 0 unspecified atom stereocenters. The molecule has 0 bridgehead atoms. The molecule has 1 aliphatic carbocycles. The van der Waals surface area contributed by atoms with Crippen LogP contribution in [0.3, 0.4) is 0 Å². The molecule has 0 aromatic heterocycles. The van der Waals surface area contributed by atoms with Gasteiger partial charge in [-0.15, -0.1) is 0 Å². The summed E-state index contributed by atoms with van der Waals surface area (Å²) in [5.41, 5.74) is 2.80. The van der Waals surface area contributed by atoms with Gasteiger partial charge in [0.05, 0.1) is 0 Å². The molecular weight excluding hydrogens is 340 g/mol. The van der Waals surface area contributed by atoms with Gasteiger partial charge < -0.3 is 10.0 Å². The minimum Gasteiger partial charge on any atom is -0.480 e. The zero-order valence-electron chi connectivity index (χ0n) is 16.2. The first-order chi connectivity index (χ1) is 13.0. The number of carbonyl (C=O) groups is 2. The van der Waals surface area contributed by atoms with E-state index in [1.807, 2.05) is 0 Å². The van der Waals surface area contributed by atoms with Crippen molar-refractivity contribution in [3.63, 3.8) is 0 Å². The molecule has 146 valence electrons.